The van der Waals surface area contributed by atoms with Crippen LogP contribution in [0, 0.1) is 13.8 Å². The molecule has 140 valence electrons. The molecule has 2 heterocycles. The van der Waals surface area contributed by atoms with E-state index in [0.29, 0.717) is 25.5 Å². The van der Waals surface area contributed by atoms with Crippen LogP contribution >= 0.6 is 11.3 Å². The van der Waals surface area contributed by atoms with Gasteiger partial charge in [-0.1, -0.05) is 0 Å². The van der Waals surface area contributed by atoms with Gasteiger partial charge >= 0.3 is 6.03 Å². The standard InChI is InChI=1S/C19H26N4O2S/c1-13-7-8-15(26-13)12-23(9-10-24)19(25)20-11-18-21-14(2)16-5-3-4-6-17(16)22-18/h7-8,24H,3-6,9-12H2,1-2H3,(H,20,25). The smallest absolute Gasteiger partial charge is 0.318 e. The van der Waals surface area contributed by atoms with Gasteiger partial charge in [0.05, 0.1) is 19.7 Å². The molecule has 0 aliphatic heterocycles. The van der Waals surface area contributed by atoms with Gasteiger partial charge in [0.25, 0.3) is 0 Å². The van der Waals surface area contributed by atoms with Crippen LogP contribution in [0.2, 0.25) is 0 Å². The molecule has 0 radical (unpaired) electrons. The van der Waals surface area contributed by atoms with Crippen molar-refractivity contribution in [3.63, 3.8) is 0 Å². The maximum Gasteiger partial charge on any atom is 0.318 e. The van der Waals surface area contributed by atoms with Gasteiger partial charge in [-0.2, -0.15) is 0 Å². The fourth-order valence-corrected chi connectivity index (χ4v) is 4.23. The average Bonchev–Trinajstić information content (AvgIpc) is 3.04. The first-order valence-electron chi connectivity index (χ1n) is 9.11. The number of aromatic nitrogens is 2. The van der Waals surface area contributed by atoms with E-state index in [0.717, 1.165) is 29.1 Å². The number of aliphatic hydroxyl groups excluding tert-OH is 1. The van der Waals surface area contributed by atoms with Crippen molar-refractivity contribution in [1.82, 2.24) is 20.2 Å². The number of aryl methyl sites for hydroxylation is 3. The largest absolute Gasteiger partial charge is 0.395 e. The molecule has 2 aromatic rings. The third-order valence-electron chi connectivity index (χ3n) is 4.63. The quantitative estimate of drug-likeness (QED) is 0.815. The van der Waals surface area contributed by atoms with Crippen LogP contribution in [0.4, 0.5) is 4.79 Å². The van der Waals surface area contributed by atoms with E-state index in [9.17, 15) is 9.90 Å². The summed E-state index contributed by atoms with van der Waals surface area (Å²) in [5.74, 6) is 0.660. The topological polar surface area (TPSA) is 78.4 Å². The highest BCUT2D eigenvalue weighted by molar-refractivity contribution is 7.11. The highest BCUT2D eigenvalue weighted by Gasteiger charge is 2.17. The number of hydrogen-bond acceptors (Lipinski definition) is 5. The first-order chi connectivity index (χ1) is 12.6. The summed E-state index contributed by atoms with van der Waals surface area (Å²) in [6.07, 6.45) is 4.41. The Morgan fingerprint density at radius 3 is 2.81 bits per heavy atom. The summed E-state index contributed by atoms with van der Waals surface area (Å²) in [4.78, 5) is 25.7. The fraction of sp³-hybridized carbons (Fsp3) is 0.526. The van der Waals surface area contributed by atoms with E-state index >= 15 is 0 Å². The number of aliphatic hydroxyl groups is 1. The number of hydrogen-bond donors (Lipinski definition) is 2. The lowest BCUT2D eigenvalue weighted by molar-refractivity contribution is 0.174. The molecular formula is C19H26N4O2S. The van der Waals surface area contributed by atoms with Crippen LogP contribution in [0.15, 0.2) is 12.1 Å². The summed E-state index contributed by atoms with van der Waals surface area (Å²) < 4.78 is 0. The zero-order valence-electron chi connectivity index (χ0n) is 15.4. The third-order valence-corrected chi connectivity index (χ3v) is 5.62. The van der Waals surface area contributed by atoms with Crippen molar-refractivity contribution >= 4 is 17.4 Å². The zero-order valence-corrected chi connectivity index (χ0v) is 16.2. The Balaban J connectivity index is 1.63. The Hall–Kier alpha value is -1.99. The lowest BCUT2D eigenvalue weighted by Gasteiger charge is -2.22. The number of nitrogens with one attached hydrogen (secondary N) is 1. The second-order valence-electron chi connectivity index (χ2n) is 6.67. The summed E-state index contributed by atoms with van der Waals surface area (Å²) >= 11 is 1.66. The first kappa shape index (κ1) is 18.8. The van der Waals surface area contributed by atoms with Crippen molar-refractivity contribution in [2.75, 3.05) is 13.2 Å². The molecule has 0 spiro atoms. The van der Waals surface area contributed by atoms with E-state index in [1.54, 1.807) is 16.2 Å². The fourth-order valence-electron chi connectivity index (χ4n) is 3.32. The predicted molar refractivity (Wildman–Crippen MR) is 102 cm³/mol. The second kappa shape index (κ2) is 8.60. The van der Waals surface area contributed by atoms with E-state index in [4.69, 9.17) is 0 Å². The molecule has 2 aromatic heterocycles. The van der Waals surface area contributed by atoms with Gasteiger partial charge in [0.15, 0.2) is 0 Å². The van der Waals surface area contributed by atoms with Gasteiger partial charge in [-0.05, 0) is 57.2 Å². The third kappa shape index (κ3) is 4.59. The molecule has 0 fully saturated rings. The van der Waals surface area contributed by atoms with Crippen molar-refractivity contribution in [3.05, 3.63) is 44.7 Å². The van der Waals surface area contributed by atoms with Crippen LogP contribution in [-0.2, 0) is 25.9 Å². The molecule has 2 N–H and O–H groups in total. The predicted octanol–water partition coefficient (Wildman–Crippen LogP) is 2.74. The monoisotopic (exact) mass is 374 g/mol. The van der Waals surface area contributed by atoms with Crippen molar-refractivity contribution in [2.24, 2.45) is 0 Å². The highest BCUT2D eigenvalue weighted by atomic mass is 32.1. The molecule has 6 nitrogen and oxygen atoms in total. The lowest BCUT2D eigenvalue weighted by Crippen LogP contribution is -2.40. The van der Waals surface area contributed by atoms with Gasteiger partial charge in [0.1, 0.15) is 5.82 Å². The number of carbonyl (C=O) groups is 1. The van der Waals surface area contributed by atoms with Gasteiger partial charge in [-0.3, -0.25) is 0 Å². The van der Waals surface area contributed by atoms with Crippen LogP contribution in [0.5, 0.6) is 0 Å². The van der Waals surface area contributed by atoms with Crippen LogP contribution in [-0.4, -0.2) is 39.2 Å². The van der Waals surface area contributed by atoms with Gasteiger partial charge in [0.2, 0.25) is 0 Å². The minimum atomic E-state index is -0.205. The molecule has 0 saturated heterocycles. The van der Waals surface area contributed by atoms with Crippen LogP contribution < -0.4 is 5.32 Å². The maximum absolute atomic E-state index is 12.5. The van der Waals surface area contributed by atoms with Gasteiger partial charge in [-0.25, -0.2) is 14.8 Å². The van der Waals surface area contributed by atoms with Crippen molar-refractivity contribution < 1.29 is 9.90 Å². The van der Waals surface area contributed by atoms with E-state index < -0.39 is 0 Å². The Morgan fingerprint density at radius 1 is 1.27 bits per heavy atom. The molecule has 0 bridgehead atoms. The number of urea groups is 1. The highest BCUT2D eigenvalue weighted by Crippen LogP contribution is 2.21. The molecule has 0 atom stereocenters. The normalized spacial score (nSPS) is 13.3. The zero-order chi connectivity index (χ0) is 18.5. The number of carbonyl (C=O) groups excluding carboxylic acids is 1. The SMILES string of the molecule is Cc1ccc(CN(CCO)C(=O)NCc2nc(C)c3c(n2)CCCC3)s1. The molecule has 7 heteroatoms. The minimum absolute atomic E-state index is 0.0633. The van der Waals surface area contributed by atoms with E-state index in [1.807, 2.05) is 26.0 Å². The Labute approximate surface area is 158 Å². The molecule has 1 aliphatic rings. The van der Waals surface area contributed by atoms with Crippen molar-refractivity contribution in [1.29, 1.82) is 0 Å². The summed E-state index contributed by atoms with van der Waals surface area (Å²) in [7, 11) is 0. The second-order valence-corrected chi connectivity index (χ2v) is 8.05. The van der Waals surface area contributed by atoms with Gasteiger partial charge in [0, 0.05) is 27.7 Å². The number of rotatable bonds is 6. The van der Waals surface area contributed by atoms with Gasteiger partial charge in [-0.15, -0.1) is 11.3 Å². The summed E-state index contributed by atoms with van der Waals surface area (Å²) in [5.41, 5.74) is 3.44. The Kier molecular flexibility index (Phi) is 6.21. The summed E-state index contributed by atoms with van der Waals surface area (Å²) in [6.45, 7) is 5.10. The van der Waals surface area contributed by atoms with E-state index in [1.165, 1.54) is 23.3 Å². The van der Waals surface area contributed by atoms with Crippen LogP contribution in [0.3, 0.4) is 0 Å². The van der Waals surface area contributed by atoms with Crippen LogP contribution in [0.25, 0.3) is 0 Å². The molecule has 3 rings (SSSR count). The molecule has 26 heavy (non-hydrogen) atoms. The number of amides is 2. The van der Waals surface area contributed by atoms with Gasteiger partial charge < -0.3 is 15.3 Å². The molecule has 1 aliphatic carbocycles. The molecular weight excluding hydrogens is 348 g/mol. The number of fused-ring (bicyclic) bond motifs is 1. The Morgan fingerprint density at radius 2 is 2.08 bits per heavy atom. The summed E-state index contributed by atoms with van der Waals surface area (Å²) in [5, 5.41) is 12.2. The van der Waals surface area contributed by atoms with Crippen molar-refractivity contribution in [3.8, 4) is 0 Å². The van der Waals surface area contributed by atoms with Crippen molar-refractivity contribution in [2.45, 2.75) is 52.6 Å². The Bertz CT molecular complexity index is 775. The average molecular weight is 375 g/mol. The number of thiophene rings is 1. The van der Waals surface area contributed by atoms with E-state index in [2.05, 4.69) is 15.3 Å². The maximum atomic E-state index is 12.5. The minimum Gasteiger partial charge on any atom is -0.395 e. The molecule has 0 unspecified atom stereocenters. The van der Waals surface area contributed by atoms with Crippen LogP contribution in [0.1, 0.15) is 45.4 Å². The molecule has 0 aromatic carbocycles. The first-order valence-corrected chi connectivity index (χ1v) is 9.92. The van der Waals surface area contributed by atoms with E-state index in [-0.39, 0.29) is 12.6 Å². The number of nitrogens with zero attached hydrogens (tertiary/aromatic N) is 3. The molecule has 2 amide bonds. The summed E-state index contributed by atoms with van der Waals surface area (Å²) in [6, 6.07) is 3.86. The lowest BCUT2D eigenvalue weighted by atomic mass is 9.95. The molecule has 0 saturated carbocycles.